The van der Waals surface area contributed by atoms with Crippen LogP contribution in [-0.4, -0.2) is 45.7 Å². The van der Waals surface area contributed by atoms with E-state index in [0.29, 0.717) is 16.4 Å². The van der Waals surface area contributed by atoms with Crippen molar-refractivity contribution in [2.24, 2.45) is 12.5 Å². The van der Waals surface area contributed by atoms with Crippen molar-refractivity contribution < 1.29 is 9.59 Å². The number of halogens is 1. The quantitative estimate of drug-likeness (QED) is 0.446. The molecule has 1 aliphatic heterocycles. The Balaban J connectivity index is 1.43. The molecule has 1 saturated carbocycles. The molecule has 0 unspecified atom stereocenters. The Labute approximate surface area is 222 Å². The molecule has 3 heterocycles. The number of carbonyl (C=O) groups excluding carboxylic acids is 2. The second kappa shape index (κ2) is 10.5. The van der Waals surface area contributed by atoms with Crippen LogP contribution in [-0.2, 0) is 11.8 Å². The molecule has 37 heavy (non-hydrogen) atoms. The zero-order valence-corrected chi connectivity index (χ0v) is 22.0. The van der Waals surface area contributed by atoms with E-state index in [1.54, 1.807) is 25.5 Å². The number of amides is 2. The van der Waals surface area contributed by atoms with Crippen LogP contribution in [0.3, 0.4) is 0 Å². The van der Waals surface area contributed by atoms with Crippen LogP contribution in [0.2, 0.25) is 5.02 Å². The molecule has 3 aromatic rings. The predicted octanol–water partition coefficient (Wildman–Crippen LogP) is 4.78. The van der Waals surface area contributed by atoms with E-state index in [1.807, 2.05) is 36.4 Å². The lowest BCUT2D eigenvalue weighted by Gasteiger charge is -2.33. The van der Waals surface area contributed by atoms with Gasteiger partial charge in [-0.3, -0.25) is 14.3 Å². The van der Waals surface area contributed by atoms with Crippen molar-refractivity contribution in [3.8, 4) is 0 Å². The van der Waals surface area contributed by atoms with Crippen LogP contribution < -0.4 is 15.5 Å². The Morgan fingerprint density at radius 3 is 2.43 bits per heavy atom. The van der Waals surface area contributed by atoms with Crippen molar-refractivity contribution in [3.63, 3.8) is 0 Å². The molecule has 2 aromatic heterocycles. The topological polar surface area (TPSA) is 92.1 Å². The second-order valence-electron chi connectivity index (χ2n) is 10.4. The molecule has 0 radical (unpaired) electrons. The Morgan fingerprint density at radius 2 is 1.81 bits per heavy atom. The van der Waals surface area contributed by atoms with E-state index in [9.17, 15) is 9.59 Å². The minimum Gasteiger partial charge on any atom is -0.357 e. The molecular formula is C28H33ClN6O2. The van der Waals surface area contributed by atoms with Crippen LogP contribution >= 0.6 is 11.6 Å². The van der Waals surface area contributed by atoms with Crippen molar-refractivity contribution >= 4 is 34.9 Å². The molecule has 194 valence electrons. The predicted molar refractivity (Wildman–Crippen MR) is 145 cm³/mol. The number of carbonyl (C=O) groups is 2. The third-order valence-corrected chi connectivity index (χ3v) is 8.03. The van der Waals surface area contributed by atoms with Crippen LogP contribution in [0, 0.1) is 5.41 Å². The third-order valence-electron chi connectivity index (χ3n) is 7.68. The molecule has 1 aliphatic carbocycles. The number of aromatic nitrogens is 3. The van der Waals surface area contributed by atoms with E-state index in [4.69, 9.17) is 11.6 Å². The number of nitrogens with zero attached hydrogens (tertiary/aromatic N) is 4. The molecule has 9 heteroatoms. The molecule has 2 atom stereocenters. The fourth-order valence-electron chi connectivity index (χ4n) is 5.29. The van der Waals surface area contributed by atoms with Gasteiger partial charge in [0.05, 0.1) is 11.9 Å². The molecule has 1 aromatic carbocycles. The van der Waals surface area contributed by atoms with Gasteiger partial charge in [-0.2, -0.15) is 5.10 Å². The van der Waals surface area contributed by atoms with Crippen LogP contribution in [0.4, 0.5) is 11.5 Å². The smallest absolute Gasteiger partial charge is 0.270 e. The van der Waals surface area contributed by atoms with Gasteiger partial charge in [-0.05, 0) is 67.3 Å². The van der Waals surface area contributed by atoms with Crippen molar-refractivity contribution in [1.29, 1.82) is 0 Å². The number of hydrogen-bond donors (Lipinski definition) is 2. The summed E-state index contributed by atoms with van der Waals surface area (Å²) in [6.45, 7) is 4.14. The first-order chi connectivity index (χ1) is 17.9. The van der Waals surface area contributed by atoms with Gasteiger partial charge in [-0.1, -0.05) is 36.7 Å². The van der Waals surface area contributed by atoms with Crippen molar-refractivity contribution in [1.82, 2.24) is 20.1 Å². The number of anilines is 2. The number of rotatable bonds is 8. The molecule has 2 aliphatic rings. The summed E-state index contributed by atoms with van der Waals surface area (Å²) in [6, 6.07) is 12.2. The van der Waals surface area contributed by atoms with Gasteiger partial charge in [0.25, 0.3) is 5.91 Å². The van der Waals surface area contributed by atoms with Gasteiger partial charge in [0, 0.05) is 37.3 Å². The maximum absolute atomic E-state index is 13.9. The third kappa shape index (κ3) is 5.49. The second-order valence-corrected chi connectivity index (χ2v) is 10.8. The van der Waals surface area contributed by atoms with E-state index in [0.717, 1.165) is 37.3 Å². The fourth-order valence-corrected chi connectivity index (χ4v) is 5.55. The number of benzene rings is 1. The number of nitrogens with one attached hydrogen (secondary N) is 2. The molecule has 1 saturated heterocycles. The summed E-state index contributed by atoms with van der Waals surface area (Å²) in [6.07, 6.45) is 8.72. The molecular weight excluding hydrogens is 488 g/mol. The van der Waals surface area contributed by atoms with Crippen LogP contribution in [0.15, 0.2) is 54.9 Å². The first-order valence-electron chi connectivity index (χ1n) is 12.9. The Bertz CT molecular complexity index is 1260. The first kappa shape index (κ1) is 25.3. The molecule has 8 nitrogen and oxygen atoms in total. The summed E-state index contributed by atoms with van der Waals surface area (Å²) in [7, 11) is 1.70. The van der Waals surface area contributed by atoms with E-state index in [2.05, 4.69) is 32.5 Å². The van der Waals surface area contributed by atoms with E-state index in [1.165, 1.54) is 23.9 Å². The monoisotopic (exact) mass is 520 g/mol. The van der Waals surface area contributed by atoms with E-state index < -0.39 is 6.04 Å². The lowest BCUT2D eigenvalue weighted by molar-refractivity contribution is -0.119. The number of hydrogen-bond acceptors (Lipinski definition) is 5. The van der Waals surface area contributed by atoms with Gasteiger partial charge >= 0.3 is 0 Å². The van der Waals surface area contributed by atoms with Crippen molar-refractivity contribution in [2.45, 2.75) is 51.0 Å². The number of pyridine rings is 1. The van der Waals surface area contributed by atoms with Crippen molar-refractivity contribution in [2.75, 3.05) is 23.3 Å². The minimum absolute atomic E-state index is 0.164. The largest absolute Gasteiger partial charge is 0.357 e. The zero-order valence-electron chi connectivity index (χ0n) is 21.3. The van der Waals surface area contributed by atoms with Gasteiger partial charge in [0.2, 0.25) is 5.91 Å². The van der Waals surface area contributed by atoms with Gasteiger partial charge in [0.1, 0.15) is 17.6 Å². The highest BCUT2D eigenvalue weighted by Gasteiger charge is 2.51. The highest BCUT2D eigenvalue weighted by Crippen LogP contribution is 2.58. The van der Waals surface area contributed by atoms with Crippen LogP contribution in [0.1, 0.15) is 61.0 Å². The lowest BCUT2D eigenvalue weighted by atomic mass is 9.78. The first-order valence-corrected chi connectivity index (χ1v) is 13.3. The van der Waals surface area contributed by atoms with Crippen LogP contribution in [0.25, 0.3) is 0 Å². The summed E-state index contributed by atoms with van der Waals surface area (Å²) >= 11 is 6.64. The zero-order chi connectivity index (χ0) is 26.0. The lowest BCUT2D eigenvalue weighted by Crippen LogP contribution is -2.50. The highest BCUT2D eigenvalue weighted by atomic mass is 35.5. The normalized spacial score (nSPS) is 18.1. The summed E-state index contributed by atoms with van der Waals surface area (Å²) in [5.41, 5.74) is 1.66. The molecule has 0 bridgehead atoms. The summed E-state index contributed by atoms with van der Waals surface area (Å²) in [5.74, 6) is -0.0572. The molecule has 2 fully saturated rings. The van der Waals surface area contributed by atoms with E-state index in [-0.39, 0.29) is 23.1 Å². The molecule has 2 N–H and O–H groups in total. The average Bonchev–Trinajstić information content (AvgIpc) is 3.50. The summed E-state index contributed by atoms with van der Waals surface area (Å²) in [4.78, 5) is 34.0. The Morgan fingerprint density at radius 1 is 1.05 bits per heavy atom. The number of piperidine rings is 1. The maximum Gasteiger partial charge on any atom is 0.270 e. The minimum atomic E-state index is -0.850. The molecule has 2 amide bonds. The van der Waals surface area contributed by atoms with E-state index >= 15 is 0 Å². The number of aryl methyl sites for hydroxylation is 1. The summed E-state index contributed by atoms with van der Waals surface area (Å²) < 4.78 is 1.50. The standard InChI is InChI=1S/C28H33ClN6O2/c1-28(13-14-28)24(20-8-4-5-9-21(20)29)25(33-26(36)22-12-15-31-34(22)2)27(37)32-19-10-11-23(30-18-19)35-16-6-3-7-17-35/h4-5,8-12,15,18,24-25H,3,6-7,13-14,16-17H2,1-2H3,(H,32,37)(H,33,36)/t24-,25-/m0/s1. The van der Waals surface area contributed by atoms with Crippen molar-refractivity contribution in [3.05, 3.63) is 71.1 Å². The molecule has 5 rings (SSSR count). The fraction of sp³-hybridized carbons (Fsp3) is 0.429. The van der Waals surface area contributed by atoms with Gasteiger partial charge < -0.3 is 15.5 Å². The summed E-state index contributed by atoms with van der Waals surface area (Å²) in [5, 5.41) is 10.7. The Hall–Kier alpha value is -3.39. The van der Waals surface area contributed by atoms with Gasteiger partial charge in [-0.25, -0.2) is 4.98 Å². The average molecular weight is 521 g/mol. The van der Waals surface area contributed by atoms with Gasteiger partial charge in [0.15, 0.2) is 0 Å². The maximum atomic E-state index is 13.9. The van der Waals surface area contributed by atoms with Crippen LogP contribution in [0.5, 0.6) is 0 Å². The molecule has 0 spiro atoms. The van der Waals surface area contributed by atoms with Gasteiger partial charge in [-0.15, -0.1) is 0 Å². The Kier molecular flexibility index (Phi) is 7.20. The highest BCUT2D eigenvalue weighted by molar-refractivity contribution is 6.31. The SMILES string of the molecule is Cn1nccc1C(=O)N[C@H](C(=O)Nc1ccc(N2CCCCC2)nc1)[C@H](c1ccccc1Cl)C1(C)CC1.